The van der Waals surface area contributed by atoms with Crippen molar-refractivity contribution in [1.82, 2.24) is 10.3 Å². The summed E-state index contributed by atoms with van der Waals surface area (Å²) in [6.45, 7) is 3.22. The van der Waals surface area contributed by atoms with Gasteiger partial charge >= 0.3 is 0 Å². The quantitative estimate of drug-likeness (QED) is 0.857. The molecule has 1 aliphatic rings. The highest BCUT2D eigenvalue weighted by Crippen LogP contribution is 2.22. The van der Waals surface area contributed by atoms with E-state index in [4.69, 9.17) is 4.74 Å². The highest BCUT2D eigenvalue weighted by molar-refractivity contribution is 5.61. The van der Waals surface area contributed by atoms with E-state index in [9.17, 15) is 4.79 Å². The first-order valence-electron chi connectivity index (χ1n) is 7.45. The van der Waals surface area contributed by atoms with Crippen molar-refractivity contribution < 1.29 is 4.74 Å². The lowest BCUT2D eigenvalue weighted by Crippen LogP contribution is -2.22. The molecule has 2 N–H and O–H groups in total. The minimum Gasteiger partial charge on any atom is -0.494 e. The Morgan fingerprint density at radius 1 is 1.29 bits per heavy atom. The van der Waals surface area contributed by atoms with Crippen LogP contribution < -0.4 is 15.6 Å². The average Bonchev–Trinajstić information content (AvgIpc) is 3.31. The van der Waals surface area contributed by atoms with E-state index in [1.54, 1.807) is 0 Å². The highest BCUT2D eigenvalue weighted by Gasteiger charge is 2.20. The van der Waals surface area contributed by atoms with Crippen LogP contribution in [0.1, 0.15) is 25.3 Å². The van der Waals surface area contributed by atoms with Gasteiger partial charge in [-0.1, -0.05) is 18.2 Å². The van der Waals surface area contributed by atoms with Crippen molar-refractivity contribution in [2.45, 2.75) is 32.4 Å². The van der Waals surface area contributed by atoms with Gasteiger partial charge in [0.25, 0.3) is 5.56 Å². The molecule has 3 rings (SSSR count). The Bertz CT molecular complexity index is 674. The second-order valence-electron chi connectivity index (χ2n) is 5.34. The fraction of sp³-hybridized carbons (Fsp3) is 0.353. The van der Waals surface area contributed by atoms with Gasteiger partial charge in [0.2, 0.25) is 0 Å². The monoisotopic (exact) mass is 284 g/mol. The molecule has 1 aliphatic carbocycles. The Hall–Kier alpha value is -2.07. The second-order valence-corrected chi connectivity index (χ2v) is 5.34. The van der Waals surface area contributed by atoms with Crippen molar-refractivity contribution in [1.29, 1.82) is 0 Å². The molecular formula is C17H20N2O2. The maximum absolute atomic E-state index is 12.1. The number of hydrogen-bond donors (Lipinski definition) is 2. The molecule has 0 atom stereocenters. The predicted molar refractivity (Wildman–Crippen MR) is 83.5 cm³/mol. The molecule has 0 bridgehead atoms. The van der Waals surface area contributed by atoms with E-state index in [0.29, 0.717) is 19.2 Å². The van der Waals surface area contributed by atoms with E-state index < -0.39 is 0 Å². The summed E-state index contributed by atoms with van der Waals surface area (Å²) in [6.07, 6.45) is 2.44. The fourth-order valence-electron chi connectivity index (χ4n) is 2.27. The summed E-state index contributed by atoms with van der Waals surface area (Å²) in [5.41, 5.74) is 2.53. The van der Waals surface area contributed by atoms with Crippen LogP contribution in [-0.4, -0.2) is 17.6 Å². The Balaban J connectivity index is 1.80. The number of nitrogens with one attached hydrogen (secondary N) is 2. The van der Waals surface area contributed by atoms with Gasteiger partial charge in [0.05, 0.1) is 6.61 Å². The van der Waals surface area contributed by atoms with Crippen molar-refractivity contribution in [3.63, 3.8) is 0 Å². The van der Waals surface area contributed by atoms with Crippen LogP contribution in [0.5, 0.6) is 5.75 Å². The van der Waals surface area contributed by atoms with E-state index in [0.717, 1.165) is 22.6 Å². The normalized spacial score (nSPS) is 14.1. The molecule has 0 spiro atoms. The molecule has 4 heteroatoms. The van der Waals surface area contributed by atoms with E-state index in [1.807, 2.05) is 43.3 Å². The molecular weight excluding hydrogens is 264 g/mol. The first-order chi connectivity index (χ1) is 10.3. The van der Waals surface area contributed by atoms with E-state index >= 15 is 0 Å². The fourth-order valence-corrected chi connectivity index (χ4v) is 2.27. The number of H-pyrrole nitrogens is 1. The minimum atomic E-state index is -0.0255. The van der Waals surface area contributed by atoms with Crippen LogP contribution in [0.25, 0.3) is 11.3 Å². The lowest BCUT2D eigenvalue weighted by Gasteiger charge is -2.07. The Labute approximate surface area is 124 Å². The van der Waals surface area contributed by atoms with Crippen molar-refractivity contribution in [2.75, 3.05) is 6.61 Å². The molecule has 1 saturated carbocycles. The van der Waals surface area contributed by atoms with Crippen molar-refractivity contribution in [3.8, 4) is 17.0 Å². The smallest absolute Gasteiger partial charge is 0.252 e. The summed E-state index contributed by atoms with van der Waals surface area (Å²) in [7, 11) is 0. The number of hydrogen-bond acceptors (Lipinski definition) is 3. The molecule has 0 amide bonds. The molecule has 0 aliphatic heterocycles. The highest BCUT2D eigenvalue weighted by atomic mass is 16.5. The van der Waals surface area contributed by atoms with Crippen LogP contribution in [-0.2, 0) is 6.54 Å². The van der Waals surface area contributed by atoms with Crippen LogP contribution >= 0.6 is 0 Å². The van der Waals surface area contributed by atoms with Crippen LogP contribution in [0, 0.1) is 0 Å². The lowest BCUT2D eigenvalue weighted by molar-refractivity contribution is 0.340. The molecule has 1 heterocycles. The van der Waals surface area contributed by atoms with Crippen LogP contribution in [0.3, 0.4) is 0 Å². The number of aromatic amines is 1. The van der Waals surface area contributed by atoms with Crippen LogP contribution in [0.15, 0.2) is 41.2 Å². The summed E-state index contributed by atoms with van der Waals surface area (Å²) in [5, 5.41) is 3.36. The molecule has 1 fully saturated rings. The maximum Gasteiger partial charge on any atom is 0.252 e. The Morgan fingerprint density at radius 3 is 2.86 bits per heavy atom. The number of rotatable bonds is 6. The standard InChI is InChI=1S/C17H20N2O2/c1-2-21-15-5-3-4-12(10-15)16-9-6-13(17(20)19-16)11-18-14-7-8-14/h3-6,9-10,14,18H,2,7-8,11H2,1H3,(H,19,20). The lowest BCUT2D eigenvalue weighted by atomic mass is 10.1. The Kier molecular flexibility index (Phi) is 4.06. The summed E-state index contributed by atoms with van der Waals surface area (Å²) in [4.78, 5) is 15.1. The van der Waals surface area contributed by atoms with Crippen molar-refractivity contribution in [3.05, 3.63) is 52.3 Å². The topological polar surface area (TPSA) is 54.1 Å². The van der Waals surface area contributed by atoms with E-state index in [-0.39, 0.29) is 5.56 Å². The zero-order valence-electron chi connectivity index (χ0n) is 12.2. The molecule has 0 saturated heterocycles. The van der Waals surface area contributed by atoms with E-state index in [1.165, 1.54) is 12.8 Å². The third-order valence-corrected chi connectivity index (χ3v) is 3.61. The predicted octanol–water partition coefficient (Wildman–Crippen LogP) is 2.69. The molecule has 1 aromatic heterocycles. The summed E-state index contributed by atoms with van der Waals surface area (Å²) in [6, 6.07) is 12.2. The van der Waals surface area contributed by atoms with Gasteiger partial charge in [-0.2, -0.15) is 0 Å². The van der Waals surface area contributed by atoms with Gasteiger partial charge in [0, 0.05) is 29.4 Å². The van der Waals surface area contributed by atoms with E-state index in [2.05, 4.69) is 10.3 Å². The molecule has 1 aromatic carbocycles. The number of benzene rings is 1. The van der Waals surface area contributed by atoms with Gasteiger partial charge in [-0.3, -0.25) is 4.79 Å². The van der Waals surface area contributed by atoms with Gasteiger partial charge in [-0.15, -0.1) is 0 Å². The molecule has 110 valence electrons. The number of pyridine rings is 1. The van der Waals surface area contributed by atoms with Gasteiger partial charge in [-0.05, 0) is 38.0 Å². The first-order valence-corrected chi connectivity index (χ1v) is 7.45. The van der Waals surface area contributed by atoms with Crippen molar-refractivity contribution in [2.24, 2.45) is 0 Å². The minimum absolute atomic E-state index is 0.0255. The van der Waals surface area contributed by atoms with Gasteiger partial charge < -0.3 is 15.0 Å². The molecule has 0 radical (unpaired) electrons. The zero-order valence-corrected chi connectivity index (χ0v) is 12.2. The largest absolute Gasteiger partial charge is 0.494 e. The molecule has 21 heavy (non-hydrogen) atoms. The second kappa shape index (κ2) is 6.14. The average molecular weight is 284 g/mol. The third-order valence-electron chi connectivity index (χ3n) is 3.61. The van der Waals surface area contributed by atoms with Crippen LogP contribution in [0.4, 0.5) is 0 Å². The SMILES string of the molecule is CCOc1cccc(-c2ccc(CNC3CC3)c(=O)[nH]2)c1. The number of ether oxygens (including phenoxy) is 1. The maximum atomic E-state index is 12.1. The van der Waals surface area contributed by atoms with Gasteiger partial charge in [-0.25, -0.2) is 0 Å². The number of aromatic nitrogens is 1. The zero-order chi connectivity index (χ0) is 14.7. The first kappa shape index (κ1) is 13.9. The van der Waals surface area contributed by atoms with Crippen LogP contribution in [0.2, 0.25) is 0 Å². The van der Waals surface area contributed by atoms with Gasteiger partial charge in [0.1, 0.15) is 5.75 Å². The third kappa shape index (κ3) is 3.52. The summed E-state index contributed by atoms with van der Waals surface area (Å²) < 4.78 is 5.49. The van der Waals surface area contributed by atoms with Gasteiger partial charge in [0.15, 0.2) is 0 Å². The Morgan fingerprint density at radius 2 is 2.14 bits per heavy atom. The molecule has 2 aromatic rings. The summed E-state index contributed by atoms with van der Waals surface area (Å²) in [5.74, 6) is 0.815. The molecule has 4 nitrogen and oxygen atoms in total. The molecule has 0 unspecified atom stereocenters. The van der Waals surface area contributed by atoms with Crippen molar-refractivity contribution >= 4 is 0 Å². The summed E-state index contributed by atoms with van der Waals surface area (Å²) >= 11 is 0.